The zero-order valence-electron chi connectivity index (χ0n) is 11.9. The molecule has 1 atom stereocenters. The number of carbonyl (C=O) groups excluding carboxylic acids is 2. The lowest BCUT2D eigenvalue weighted by Crippen LogP contribution is -2.18. The van der Waals surface area contributed by atoms with Crippen LogP contribution in [0, 0.1) is 0 Å². The molecule has 0 aliphatic rings. The molecule has 0 unspecified atom stereocenters. The van der Waals surface area contributed by atoms with Gasteiger partial charge in [-0.1, -0.05) is 12.1 Å². The van der Waals surface area contributed by atoms with E-state index in [1.807, 2.05) is 6.07 Å². The van der Waals surface area contributed by atoms with Crippen molar-refractivity contribution in [2.24, 2.45) is 0 Å². The van der Waals surface area contributed by atoms with Crippen LogP contribution in [0.1, 0.15) is 39.4 Å². The number of benzene rings is 1. The first-order valence-electron chi connectivity index (χ1n) is 6.56. The second-order valence-electron chi connectivity index (χ2n) is 4.46. The topological polar surface area (TPSA) is 68.3 Å². The van der Waals surface area contributed by atoms with Crippen molar-refractivity contribution in [3.05, 3.63) is 65.5 Å². The molecular formula is C16H16N2O3. The van der Waals surface area contributed by atoms with Gasteiger partial charge in [0.25, 0.3) is 5.91 Å². The Kier molecular flexibility index (Phi) is 4.66. The molecule has 21 heavy (non-hydrogen) atoms. The minimum Gasteiger partial charge on any atom is -0.453 e. The highest BCUT2D eigenvalue weighted by Gasteiger charge is 2.15. The second kappa shape index (κ2) is 6.65. The lowest BCUT2D eigenvalue weighted by atomic mass is 10.1. The number of hydrogen-bond donors (Lipinski definition) is 1. The molecule has 0 aliphatic carbocycles. The SMILES string of the molecule is CNC(=O)c1cccc(C(=O)O[C@H](C)c2ccccn2)c1. The van der Waals surface area contributed by atoms with Crippen LogP contribution in [0.5, 0.6) is 0 Å². The molecule has 1 aromatic heterocycles. The zero-order valence-corrected chi connectivity index (χ0v) is 11.9. The van der Waals surface area contributed by atoms with E-state index in [2.05, 4.69) is 10.3 Å². The summed E-state index contributed by atoms with van der Waals surface area (Å²) in [6, 6.07) is 11.8. The molecule has 1 N–H and O–H groups in total. The van der Waals surface area contributed by atoms with E-state index < -0.39 is 12.1 Å². The zero-order chi connectivity index (χ0) is 15.2. The Balaban J connectivity index is 2.12. The van der Waals surface area contributed by atoms with Crippen LogP contribution in [0.3, 0.4) is 0 Å². The number of aromatic nitrogens is 1. The Morgan fingerprint density at radius 1 is 1.14 bits per heavy atom. The van der Waals surface area contributed by atoms with Crippen LogP contribution in [0.15, 0.2) is 48.7 Å². The van der Waals surface area contributed by atoms with Crippen molar-refractivity contribution in [1.82, 2.24) is 10.3 Å². The molecule has 108 valence electrons. The molecule has 0 spiro atoms. The fourth-order valence-corrected chi connectivity index (χ4v) is 1.84. The summed E-state index contributed by atoms with van der Waals surface area (Å²) in [7, 11) is 1.54. The van der Waals surface area contributed by atoms with E-state index in [1.54, 1.807) is 43.5 Å². The first-order valence-corrected chi connectivity index (χ1v) is 6.56. The predicted octanol–water partition coefficient (Wildman–Crippen LogP) is 2.36. The van der Waals surface area contributed by atoms with Crippen LogP contribution in [-0.4, -0.2) is 23.9 Å². The highest BCUT2D eigenvalue weighted by molar-refractivity contribution is 5.97. The lowest BCUT2D eigenvalue weighted by molar-refractivity contribution is 0.0329. The van der Waals surface area contributed by atoms with Gasteiger partial charge in [-0.3, -0.25) is 9.78 Å². The number of nitrogens with one attached hydrogen (secondary N) is 1. The van der Waals surface area contributed by atoms with Crippen molar-refractivity contribution in [2.45, 2.75) is 13.0 Å². The molecule has 5 heteroatoms. The van der Waals surface area contributed by atoms with E-state index in [0.29, 0.717) is 16.8 Å². The van der Waals surface area contributed by atoms with Gasteiger partial charge in [0.2, 0.25) is 0 Å². The van der Waals surface area contributed by atoms with Gasteiger partial charge < -0.3 is 10.1 Å². The summed E-state index contributed by atoms with van der Waals surface area (Å²) in [6.07, 6.45) is 1.19. The first-order chi connectivity index (χ1) is 10.1. The summed E-state index contributed by atoms with van der Waals surface area (Å²) in [5, 5.41) is 2.51. The summed E-state index contributed by atoms with van der Waals surface area (Å²) in [6.45, 7) is 1.75. The van der Waals surface area contributed by atoms with Crippen molar-refractivity contribution in [3.63, 3.8) is 0 Å². The molecule has 1 amide bonds. The van der Waals surface area contributed by atoms with Gasteiger partial charge >= 0.3 is 5.97 Å². The first kappa shape index (κ1) is 14.7. The minimum atomic E-state index is -0.487. The van der Waals surface area contributed by atoms with Gasteiger partial charge in [-0.25, -0.2) is 4.79 Å². The van der Waals surface area contributed by atoms with Crippen LogP contribution in [-0.2, 0) is 4.74 Å². The summed E-state index contributed by atoms with van der Waals surface area (Å²) >= 11 is 0. The smallest absolute Gasteiger partial charge is 0.338 e. The van der Waals surface area contributed by atoms with Gasteiger partial charge in [-0.05, 0) is 37.3 Å². The third-order valence-corrected chi connectivity index (χ3v) is 2.98. The Morgan fingerprint density at radius 2 is 1.90 bits per heavy atom. The minimum absolute atomic E-state index is 0.248. The maximum absolute atomic E-state index is 12.1. The van der Waals surface area contributed by atoms with Crippen LogP contribution in [0.4, 0.5) is 0 Å². The molecule has 0 fully saturated rings. The van der Waals surface area contributed by atoms with Crippen molar-refractivity contribution in [2.75, 3.05) is 7.05 Å². The van der Waals surface area contributed by atoms with Crippen LogP contribution in [0.2, 0.25) is 0 Å². The second-order valence-corrected chi connectivity index (χ2v) is 4.46. The number of nitrogens with zero attached hydrogens (tertiary/aromatic N) is 1. The van der Waals surface area contributed by atoms with Crippen LogP contribution >= 0.6 is 0 Å². The fraction of sp³-hybridized carbons (Fsp3) is 0.188. The monoisotopic (exact) mass is 284 g/mol. The van der Waals surface area contributed by atoms with Gasteiger partial charge in [0.15, 0.2) is 0 Å². The molecule has 1 heterocycles. The van der Waals surface area contributed by atoms with E-state index in [1.165, 1.54) is 13.1 Å². The van der Waals surface area contributed by atoms with Crippen LogP contribution < -0.4 is 5.32 Å². The molecule has 2 aromatic rings. The van der Waals surface area contributed by atoms with E-state index in [4.69, 9.17) is 4.74 Å². The number of pyridine rings is 1. The summed E-state index contributed by atoms with van der Waals surface area (Å²) in [5.74, 6) is -0.735. The molecule has 0 saturated heterocycles. The van der Waals surface area contributed by atoms with Gasteiger partial charge in [0, 0.05) is 18.8 Å². The van der Waals surface area contributed by atoms with E-state index in [-0.39, 0.29) is 5.91 Å². The summed E-state index contributed by atoms with van der Waals surface area (Å²) in [4.78, 5) is 27.8. The van der Waals surface area contributed by atoms with Crippen LogP contribution in [0.25, 0.3) is 0 Å². The molecule has 0 bridgehead atoms. The van der Waals surface area contributed by atoms with Gasteiger partial charge in [-0.15, -0.1) is 0 Å². The molecular weight excluding hydrogens is 268 g/mol. The Labute approximate surface area is 123 Å². The normalized spacial score (nSPS) is 11.5. The average molecular weight is 284 g/mol. The number of rotatable bonds is 4. The Morgan fingerprint density at radius 3 is 2.57 bits per heavy atom. The number of ether oxygens (including phenoxy) is 1. The number of hydrogen-bond acceptors (Lipinski definition) is 4. The lowest BCUT2D eigenvalue weighted by Gasteiger charge is -2.12. The molecule has 0 saturated carbocycles. The molecule has 1 aromatic carbocycles. The predicted molar refractivity (Wildman–Crippen MR) is 77.9 cm³/mol. The van der Waals surface area contributed by atoms with Gasteiger partial charge in [0.05, 0.1) is 11.3 Å². The Hall–Kier alpha value is -2.69. The Bertz CT molecular complexity index is 641. The largest absolute Gasteiger partial charge is 0.453 e. The highest BCUT2D eigenvalue weighted by atomic mass is 16.5. The molecule has 5 nitrogen and oxygen atoms in total. The van der Waals surface area contributed by atoms with E-state index in [9.17, 15) is 9.59 Å². The third kappa shape index (κ3) is 3.66. The quantitative estimate of drug-likeness (QED) is 0.875. The third-order valence-electron chi connectivity index (χ3n) is 2.98. The molecule has 2 rings (SSSR count). The number of amides is 1. The maximum Gasteiger partial charge on any atom is 0.338 e. The van der Waals surface area contributed by atoms with Crippen molar-refractivity contribution in [3.8, 4) is 0 Å². The van der Waals surface area contributed by atoms with Gasteiger partial charge in [0.1, 0.15) is 6.10 Å². The van der Waals surface area contributed by atoms with Gasteiger partial charge in [-0.2, -0.15) is 0 Å². The summed E-state index contributed by atoms with van der Waals surface area (Å²) in [5.41, 5.74) is 1.42. The summed E-state index contributed by atoms with van der Waals surface area (Å²) < 4.78 is 5.36. The van der Waals surface area contributed by atoms with E-state index >= 15 is 0 Å². The molecule has 0 aliphatic heterocycles. The van der Waals surface area contributed by atoms with E-state index in [0.717, 1.165) is 0 Å². The standard InChI is InChI=1S/C16H16N2O3/c1-11(14-8-3-4-9-18-14)21-16(20)13-7-5-6-12(10-13)15(19)17-2/h3-11H,1-2H3,(H,17,19)/t11-/m1/s1. The van der Waals surface area contributed by atoms with Crippen molar-refractivity contribution < 1.29 is 14.3 Å². The molecule has 0 radical (unpaired) electrons. The average Bonchev–Trinajstić information content (AvgIpc) is 2.55. The maximum atomic E-state index is 12.1. The number of carbonyl (C=O) groups is 2. The fourth-order valence-electron chi connectivity index (χ4n) is 1.84. The van der Waals surface area contributed by atoms with Crippen molar-refractivity contribution >= 4 is 11.9 Å². The number of esters is 1. The van der Waals surface area contributed by atoms with Crippen molar-refractivity contribution in [1.29, 1.82) is 0 Å². The highest BCUT2D eigenvalue weighted by Crippen LogP contribution is 2.16.